The van der Waals surface area contributed by atoms with Gasteiger partial charge in [0.1, 0.15) is 23.8 Å². The van der Waals surface area contributed by atoms with Crippen LogP contribution in [0.2, 0.25) is 0 Å². The normalized spacial score (nSPS) is 19.6. The van der Waals surface area contributed by atoms with Gasteiger partial charge in [-0.25, -0.2) is 13.2 Å². The summed E-state index contributed by atoms with van der Waals surface area (Å²) >= 11 is 0. The van der Waals surface area contributed by atoms with Crippen LogP contribution >= 0.6 is 0 Å². The second-order valence-electron chi connectivity index (χ2n) is 6.38. The highest BCUT2D eigenvalue weighted by molar-refractivity contribution is 5.79. The van der Waals surface area contributed by atoms with E-state index < -0.39 is 29.8 Å². The zero-order valence-electron chi connectivity index (χ0n) is 13.9. The van der Waals surface area contributed by atoms with Crippen LogP contribution in [-0.4, -0.2) is 29.6 Å². The summed E-state index contributed by atoms with van der Waals surface area (Å²) in [6.45, 7) is -0.101. The number of amides is 1. The largest absolute Gasteiger partial charge is 0.324 e. The molecule has 1 amide bonds. The van der Waals surface area contributed by atoms with Gasteiger partial charge in [0.05, 0.1) is 12.6 Å². The van der Waals surface area contributed by atoms with Crippen LogP contribution in [0.5, 0.6) is 0 Å². The van der Waals surface area contributed by atoms with Gasteiger partial charge in [-0.3, -0.25) is 4.79 Å². The van der Waals surface area contributed by atoms with Gasteiger partial charge in [-0.05, 0) is 35.4 Å². The number of halogens is 3. The second kappa shape index (κ2) is 7.61. The molecule has 2 aromatic carbocycles. The summed E-state index contributed by atoms with van der Waals surface area (Å²) in [5.41, 5.74) is 1.38. The third kappa shape index (κ3) is 3.88. The number of carbonyl (C=O) groups excluding carboxylic acids is 1. The molecule has 1 aliphatic heterocycles. The number of hydrogen-bond acceptors (Lipinski definition) is 2. The molecule has 1 fully saturated rings. The van der Waals surface area contributed by atoms with Gasteiger partial charge in [0.15, 0.2) is 0 Å². The van der Waals surface area contributed by atoms with Crippen molar-refractivity contribution in [1.82, 2.24) is 4.90 Å². The van der Waals surface area contributed by atoms with Crippen LogP contribution in [0.25, 0.3) is 0 Å². The van der Waals surface area contributed by atoms with Gasteiger partial charge in [-0.2, -0.15) is 5.26 Å². The van der Waals surface area contributed by atoms with Crippen molar-refractivity contribution < 1.29 is 18.0 Å². The molecule has 1 saturated heterocycles. The molecule has 0 N–H and O–H groups in total. The highest BCUT2D eigenvalue weighted by atomic mass is 19.1. The van der Waals surface area contributed by atoms with Crippen molar-refractivity contribution in [2.75, 3.05) is 6.54 Å². The van der Waals surface area contributed by atoms with Crippen LogP contribution in [-0.2, 0) is 4.79 Å². The van der Waals surface area contributed by atoms with E-state index in [2.05, 4.69) is 0 Å². The molecule has 0 saturated carbocycles. The van der Waals surface area contributed by atoms with Gasteiger partial charge in [-0.1, -0.05) is 24.3 Å². The van der Waals surface area contributed by atoms with Gasteiger partial charge in [0.25, 0.3) is 0 Å². The lowest BCUT2D eigenvalue weighted by Gasteiger charge is -2.24. The minimum absolute atomic E-state index is 0.0117. The zero-order chi connectivity index (χ0) is 18.7. The molecule has 0 radical (unpaired) electrons. The molecule has 0 spiro atoms. The molecule has 3 rings (SSSR count). The van der Waals surface area contributed by atoms with Crippen LogP contribution < -0.4 is 0 Å². The summed E-state index contributed by atoms with van der Waals surface area (Å²) in [7, 11) is 0. The van der Waals surface area contributed by atoms with Crippen LogP contribution in [0.3, 0.4) is 0 Å². The van der Waals surface area contributed by atoms with E-state index >= 15 is 0 Å². The van der Waals surface area contributed by atoms with Crippen LogP contribution in [0.15, 0.2) is 48.5 Å². The first-order chi connectivity index (χ1) is 12.5. The highest BCUT2D eigenvalue weighted by Crippen LogP contribution is 2.31. The first kappa shape index (κ1) is 18.0. The van der Waals surface area contributed by atoms with Crippen LogP contribution in [0, 0.1) is 23.0 Å². The molecule has 1 aliphatic rings. The third-order valence-corrected chi connectivity index (χ3v) is 4.64. The fourth-order valence-electron chi connectivity index (χ4n) is 3.29. The Kier molecular flexibility index (Phi) is 5.27. The lowest BCUT2D eigenvalue weighted by atomic mass is 9.88. The van der Waals surface area contributed by atoms with Gasteiger partial charge >= 0.3 is 0 Å². The van der Waals surface area contributed by atoms with Gasteiger partial charge in [-0.15, -0.1) is 0 Å². The minimum atomic E-state index is -1.21. The predicted octanol–water partition coefficient (Wildman–Crippen LogP) is 3.95. The second-order valence-corrected chi connectivity index (χ2v) is 6.38. The molecular weight excluding hydrogens is 341 g/mol. The summed E-state index contributed by atoms with van der Waals surface area (Å²) in [6, 6.07) is 12.6. The maximum Gasteiger partial charge on any atom is 0.224 e. The number of rotatable bonds is 4. The molecule has 3 nitrogen and oxygen atoms in total. The maximum atomic E-state index is 13.6. The Hall–Kier alpha value is -2.81. The summed E-state index contributed by atoms with van der Waals surface area (Å²) in [6.07, 6.45) is -1.21. The van der Waals surface area contributed by atoms with E-state index in [1.165, 1.54) is 29.2 Å². The third-order valence-electron chi connectivity index (χ3n) is 4.64. The zero-order valence-corrected chi connectivity index (χ0v) is 13.9. The van der Waals surface area contributed by atoms with Crippen molar-refractivity contribution in [2.24, 2.45) is 0 Å². The van der Waals surface area contributed by atoms with Crippen LogP contribution in [0.1, 0.15) is 29.9 Å². The molecule has 0 aliphatic carbocycles. The van der Waals surface area contributed by atoms with E-state index in [0.717, 1.165) is 0 Å². The lowest BCUT2D eigenvalue weighted by molar-refractivity contribution is -0.131. The fourth-order valence-corrected chi connectivity index (χ4v) is 3.29. The number of carbonyl (C=O) groups is 1. The molecule has 134 valence electrons. The summed E-state index contributed by atoms with van der Waals surface area (Å²) < 4.78 is 40.1. The number of alkyl halides is 1. The standard InChI is InChI=1S/C20H17F3N2O/c21-15-5-1-13(2-6-15)19(14-3-7-16(22)8-4-14)10-20(26)25-12-17(23)9-18(25)11-24/h1-8,17-19H,9-10,12H2. The van der Waals surface area contributed by atoms with Gasteiger partial charge < -0.3 is 4.90 Å². The Morgan fingerprint density at radius 1 is 1.08 bits per heavy atom. The van der Waals surface area contributed by atoms with Crippen LogP contribution in [0.4, 0.5) is 13.2 Å². The quantitative estimate of drug-likeness (QED) is 0.831. The molecule has 0 aromatic heterocycles. The van der Waals surface area contributed by atoms with Crippen molar-refractivity contribution >= 4 is 5.91 Å². The number of nitriles is 1. The van der Waals surface area contributed by atoms with E-state index in [1.807, 2.05) is 6.07 Å². The molecule has 1 heterocycles. The Balaban J connectivity index is 1.88. The summed E-state index contributed by atoms with van der Waals surface area (Å²) in [5.74, 6) is -1.60. The van der Waals surface area contributed by atoms with Gasteiger partial charge in [0.2, 0.25) is 5.91 Å². The van der Waals surface area contributed by atoms with E-state index in [0.29, 0.717) is 11.1 Å². The van der Waals surface area contributed by atoms with E-state index in [4.69, 9.17) is 5.26 Å². The average molecular weight is 358 g/mol. The predicted molar refractivity (Wildman–Crippen MR) is 89.9 cm³/mol. The molecule has 26 heavy (non-hydrogen) atoms. The molecule has 6 heteroatoms. The number of benzene rings is 2. The smallest absolute Gasteiger partial charge is 0.224 e. The molecule has 0 bridgehead atoms. The van der Waals surface area contributed by atoms with Crippen molar-refractivity contribution in [2.45, 2.75) is 31.0 Å². The summed E-state index contributed by atoms with van der Waals surface area (Å²) in [5, 5.41) is 9.14. The lowest BCUT2D eigenvalue weighted by Crippen LogP contribution is -2.36. The topological polar surface area (TPSA) is 44.1 Å². The molecule has 2 atom stereocenters. The highest BCUT2D eigenvalue weighted by Gasteiger charge is 2.36. The SMILES string of the molecule is N#CC1CC(F)CN1C(=O)CC(c1ccc(F)cc1)c1ccc(F)cc1. The van der Waals surface area contributed by atoms with Crippen molar-refractivity contribution in [3.8, 4) is 6.07 Å². The Bertz CT molecular complexity index is 769. The minimum Gasteiger partial charge on any atom is -0.324 e. The van der Waals surface area contributed by atoms with E-state index in [1.54, 1.807) is 24.3 Å². The fraction of sp³-hybridized carbons (Fsp3) is 0.300. The van der Waals surface area contributed by atoms with E-state index in [9.17, 15) is 18.0 Å². The first-order valence-electron chi connectivity index (χ1n) is 8.32. The number of nitrogens with zero attached hydrogens (tertiary/aromatic N) is 2. The Morgan fingerprint density at radius 2 is 1.58 bits per heavy atom. The summed E-state index contributed by atoms with van der Waals surface area (Å²) in [4.78, 5) is 14.0. The molecule has 2 aromatic rings. The van der Waals surface area contributed by atoms with Gasteiger partial charge in [0, 0.05) is 18.8 Å². The molecule has 2 unspecified atom stereocenters. The number of likely N-dealkylation sites (tertiary alicyclic amines) is 1. The first-order valence-corrected chi connectivity index (χ1v) is 8.32. The average Bonchev–Trinajstić information content (AvgIpc) is 3.02. The number of hydrogen-bond donors (Lipinski definition) is 0. The van der Waals surface area contributed by atoms with E-state index in [-0.39, 0.29) is 25.3 Å². The van der Waals surface area contributed by atoms with Crippen molar-refractivity contribution in [1.29, 1.82) is 5.26 Å². The monoisotopic (exact) mass is 358 g/mol. The molecular formula is C20H17F3N2O. The van der Waals surface area contributed by atoms with Crippen molar-refractivity contribution in [3.05, 3.63) is 71.3 Å². The Morgan fingerprint density at radius 3 is 2.04 bits per heavy atom. The maximum absolute atomic E-state index is 13.6. The van der Waals surface area contributed by atoms with Crippen molar-refractivity contribution in [3.63, 3.8) is 0 Å². The Labute approximate surface area is 149 Å².